The first-order chi connectivity index (χ1) is 8.20. The van der Waals surface area contributed by atoms with Crippen molar-refractivity contribution >= 4 is 29.1 Å². The van der Waals surface area contributed by atoms with Crippen molar-refractivity contribution < 1.29 is 4.79 Å². The number of alkyl halides is 1. The van der Waals surface area contributed by atoms with Crippen LogP contribution in [-0.4, -0.2) is 23.9 Å². The normalized spacial score (nSPS) is 17.9. The first-order valence-corrected chi connectivity index (χ1v) is 6.69. The van der Waals surface area contributed by atoms with Crippen LogP contribution in [0.5, 0.6) is 0 Å². The zero-order valence-corrected chi connectivity index (χ0v) is 11.0. The van der Waals surface area contributed by atoms with Gasteiger partial charge in [-0.3, -0.25) is 4.79 Å². The van der Waals surface area contributed by atoms with Crippen LogP contribution in [0.1, 0.15) is 30.2 Å². The van der Waals surface area contributed by atoms with Gasteiger partial charge in [0, 0.05) is 18.1 Å². The Labute approximate surface area is 112 Å². The molecule has 0 aromatic heterocycles. The highest BCUT2D eigenvalue weighted by molar-refractivity contribution is 6.35. The van der Waals surface area contributed by atoms with Gasteiger partial charge >= 0.3 is 0 Å². The third kappa shape index (κ3) is 2.93. The monoisotopic (exact) mass is 271 g/mol. The molecule has 2 nitrogen and oxygen atoms in total. The van der Waals surface area contributed by atoms with Crippen LogP contribution in [0, 0.1) is 0 Å². The van der Waals surface area contributed by atoms with E-state index in [1.807, 2.05) is 23.1 Å². The molecule has 0 saturated carbocycles. The van der Waals surface area contributed by atoms with Gasteiger partial charge < -0.3 is 4.90 Å². The average Bonchev–Trinajstić information content (AvgIpc) is 2.39. The molecule has 1 unspecified atom stereocenters. The number of benzene rings is 1. The molecule has 1 amide bonds. The Morgan fingerprint density at radius 2 is 1.82 bits per heavy atom. The van der Waals surface area contributed by atoms with Crippen molar-refractivity contribution in [1.29, 1.82) is 0 Å². The van der Waals surface area contributed by atoms with Crippen molar-refractivity contribution in [2.75, 3.05) is 13.1 Å². The van der Waals surface area contributed by atoms with Crippen LogP contribution in [0.4, 0.5) is 0 Å². The number of rotatable bonds is 2. The van der Waals surface area contributed by atoms with Crippen LogP contribution in [-0.2, 0) is 4.79 Å². The summed E-state index contributed by atoms with van der Waals surface area (Å²) < 4.78 is 0. The van der Waals surface area contributed by atoms with Gasteiger partial charge in [0.15, 0.2) is 0 Å². The van der Waals surface area contributed by atoms with Crippen LogP contribution < -0.4 is 0 Å². The van der Waals surface area contributed by atoms with Gasteiger partial charge in [0.25, 0.3) is 0 Å². The van der Waals surface area contributed by atoms with Crippen LogP contribution in [0.15, 0.2) is 24.3 Å². The van der Waals surface area contributed by atoms with E-state index < -0.39 is 5.38 Å². The molecule has 0 radical (unpaired) electrons. The summed E-state index contributed by atoms with van der Waals surface area (Å²) in [6, 6.07) is 7.25. The molecule has 1 atom stereocenters. The Morgan fingerprint density at radius 1 is 1.18 bits per heavy atom. The number of hydrogen-bond donors (Lipinski definition) is 0. The SMILES string of the molecule is O=C(C(Cl)c1ccccc1Cl)N1CCCCC1. The number of halogens is 2. The third-order valence-electron chi connectivity index (χ3n) is 3.06. The van der Waals surface area contributed by atoms with Crippen LogP contribution in [0.2, 0.25) is 5.02 Å². The molecule has 1 saturated heterocycles. The summed E-state index contributed by atoms with van der Waals surface area (Å²) in [5.41, 5.74) is 0.700. The summed E-state index contributed by atoms with van der Waals surface area (Å²) in [5, 5.41) is -0.111. The molecule has 0 N–H and O–H groups in total. The molecule has 1 fully saturated rings. The standard InChI is InChI=1S/C13H15Cl2NO/c14-11-7-3-2-6-10(11)12(15)13(17)16-8-4-1-5-9-16/h2-3,6-7,12H,1,4-5,8-9H2. The minimum atomic E-state index is -0.665. The summed E-state index contributed by atoms with van der Waals surface area (Å²) in [7, 11) is 0. The zero-order valence-electron chi connectivity index (χ0n) is 9.53. The van der Waals surface area contributed by atoms with Crippen molar-refractivity contribution in [2.24, 2.45) is 0 Å². The molecule has 2 rings (SSSR count). The highest BCUT2D eigenvalue weighted by atomic mass is 35.5. The topological polar surface area (TPSA) is 20.3 Å². The highest BCUT2D eigenvalue weighted by Crippen LogP contribution is 2.30. The first-order valence-electron chi connectivity index (χ1n) is 5.87. The van der Waals surface area contributed by atoms with E-state index in [-0.39, 0.29) is 5.91 Å². The second kappa shape index (κ2) is 5.74. The lowest BCUT2D eigenvalue weighted by molar-refractivity contribution is -0.131. The van der Waals surface area contributed by atoms with E-state index in [4.69, 9.17) is 23.2 Å². The predicted molar refractivity (Wildman–Crippen MR) is 70.5 cm³/mol. The summed E-state index contributed by atoms with van der Waals surface area (Å²) in [4.78, 5) is 14.0. The zero-order chi connectivity index (χ0) is 12.3. The lowest BCUT2D eigenvalue weighted by Crippen LogP contribution is -2.37. The minimum Gasteiger partial charge on any atom is -0.341 e. The maximum atomic E-state index is 12.2. The van der Waals surface area contributed by atoms with Gasteiger partial charge in [-0.05, 0) is 30.9 Å². The summed E-state index contributed by atoms with van der Waals surface area (Å²) in [6.45, 7) is 1.62. The van der Waals surface area contributed by atoms with Crippen molar-refractivity contribution in [2.45, 2.75) is 24.6 Å². The second-order valence-electron chi connectivity index (χ2n) is 4.27. The molecule has 92 valence electrons. The Kier molecular flexibility index (Phi) is 4.30. The van der Waals surface area contributed by atoms with E-state index in [0.717, 1.165) is 25.9 Å². The van der Waals surface area contributed by atoms with Gasteiger partial charge in [-0.1, -0.05) is 29.8 Å². The minimum absolute atomic E-state index is 0.0283. The number of carbonyl (C=O) groups excluding carboxylic acids is 1. The molecular weight excluding hydrogens is 257 g/mol. The number of piperidine rings is 1. The van der Waals surface area contributed by atoms with Gasteiger partial charge in [-0.15, -0.1) is 11.6 Å². The van der Waals surface area contributed by atoms with E-state index >= 15 is 0 Å². The van der Waals surface area contributed by atoms with E-state index in [2.05, 4.69) is 0 Å². The van der Waals surface area contributed by atoms with Crippen LogP contribution in [0.25, 0.3) is 0 Å². The largest absolute Gasteiger partial charge is 0.341 e. The van der Waals surface area contributed by atoms with E-state index in [1.165, 1.54) is 6.42 Å². The maximum Gasteiger partial charge on any atom is 0.245 e. The van der Waals surface area contributed by atoms with Crippen molar-refractivity contribution in [3.05, 3.63) is 34.9 Å². The van der Waals surface area contributed by atoms with Gasteiger partial charge in [0.1, 0.15) is 5.38 Å². The predicted octanol–water partition coefficient (Wildman–Crippen LogP) is 3.63. The molecule has 1 aliphatic rings. The number of likely N-dealkylation sites (tertiary alicyclic amines) is 1. The molecule has 0 aliphatic carbocycles. The fraction of sp³-hybridized carbons (Fsp3) is 0.462. The molecule has 17 heavy (non-hydrogen) atoms. The van der Waals surface area contributed by atoms with E-state index in [9.17, 15) is 4.79 Å². The smallest absolute Gasteiger partial charge is 0.245 e. The fourth-order valence-corrected chi connectivity index (χ4v) is 2.72. The molecule has 0 bridgehead atoms. The van der Waals surface area contributed by atoms with Gasteiger partial charge in [0.2, 0.25) is 5.91 Å². The number of nitrogens with zero attached hydrogens (tertiary/aromatic N) is 1. The van der Waals surface area contributed by atoms with Gasteiger partial charge in [-0.25, -0.2) is 0 Å². The number of amides is 1. The second-order valence-corrected chi connectivity index (χ2v) is 5.11. The molecule has 1 heterocycles. The quantitative estimate of drug-likeness (QED) is 0.753. The van der Waals surface area contributed by atoms with Gasteiger partial charge in [-0.2, -0.15) is 0 Å². The highest BCUT2D eigenvalue weighted by Gasteiger charge is 2.26. The van der Waals surface area contributed by atoms with Gasteiger partial charge in [0.05, 0.1) is 0 Å². The average molecular weight is 272 g/mol. The summed E-state index contributed by atoms with van der Waals surface area (Å²) >= 11 is 12.3. The van der Waals surface area contributed by atoms with Crippen molar-refractivity contribution in [3.63, 3.8) is 0 Å². The van der Waals surface area contributed by atoms with E-state index in [1.54, 1.807) is 6.07 Å². The molecule has 0 spiro atoms. The van der Waals surface area contributed by atoms with Crippen molar-refractivity contribution in [1.82, 2.24) is 4.90 Å². The summed E-state index contributed by atoms with van der Waals surface area (Å²) in [5.74, 6) is -0.0283. The molecule has 1 aromatic carbocycles. The molecular formula is C13H15Cl2NO. The molecule has 4 heteroatoms. The Balaban J connectivity index is 2.11. The fourth-order valence-electron chi connectivity index (χ4n) is 2.09. The number of hydrogen-bond acceptors (Lipinski definition) is 1. The lowest BCUT2D eigenvalue weighted by atomic mass is 10.1. The lowest BCUT2D eigenvalue weighted by Gasteiger charge is -2.28. The third-order valence-corrected chi connectivity index (χ3v) is 3.83. The van der Waals surface area contributed by atoms with Crippen LogP contribution in [0.3, 0.4) is 0 Å². The van der Waals surface area contributed by atoms with Crippen LogP contribution >= 0.6 is 23.2 Å². The summed E-state index contributed by atoms with van der Waals surface area (Å²) in [6.07, 6.45) is 3.33. The molecule has 1 aromatic rings. The Bertz CT molecular complexity index is 402. The van der Waals surface area contributed by atoms with E-state index in [0.29, 0.717) is 10.6 Å². The first kappa shape index (κ1) is 12.7. The Hall–Kier alpha value is -0.730. The molecule has 1 aliphatic heterocycles. The Morgan fingerprint density at radius 3 is 2.47 bits per heavy atom. The maximum absolute atomic E-state index is 12.2. The van der Waals surface area contributed by atoms with Crippen molar-refractivity contribution in [3.8, 4) is 0 Å². The number of carbonyl (C=O) groups is 1.